The first kappa shape index (κ1) is 24.0. The van der Waals surface area contributed by atoms with Crippen molar-refractivity contribution in [1.29, 1.82) is 0 Å². The molecule has 0 heterocycles. The Morgan fingerprint density at radius 1 is 0.708 bits per heavy atom. The summed E-state index contributed by atoms with van der Waals surface area (Å²) in [4.78, 5) is 0. The molecule has 24 heavy (non-hydrogen) atoms. The molecule has 0 amide bonds. The van der Waals surface area contributed by atoms with Crippen LogP contribution in [0.25, 0.3) is 0 Å². The molecule has 0 bridgehead atoms. The molecule has 0 saturated carbocycles. The van der Waals surface area contributed by atoms with Crippen molar-refractivity contribution >= 4 is 18.4 Å². The molecule has 0 fully saturated rings. The van der Waals surface area contributed by atoms with Gasteiger partial charge in [0.1, 0.15) is 0 Å². The Bertz CT molecular complexity index is 335. The van der Waals surface area contributed by atoms with Gasteiger partial charge in [-0.25, -0.2) is 0 Å². The molecular formula is C22H42OSn. The van der Waals surface area contributed by atoms with Gasteiger partial charge in [-0.2, -0.15) is 0 Å². The molecule has 1 unspecified atom stereocenters. The van der Waals surface area contributed by atoms with E-state index >= 15 is 0 Å². The van der Waals surface area contributed by atoms with Crippen LogP contribution in [0.4, 0.5) is 0 Å². The van der Waals surface area contributed by atoms with Crippen LogP contribution in [0.2, 0.25) is 13.3 Å². The molecule has 1 atom stereocenters. The van der Waals surface area contributed by atoms with Crippen molar-refractivity contribution in [2.45, 2.75) is 98.5 Å². The third-order valence-corrected chi connectivity index (χ3v) is 18.9. The van der Waals surface area contributed by atoms with Gasteiger partial charge in [-0.05, 0) is 0 Å². The summed E-state index contributed by atoms with van der Waals surface area (Å²) in [7, 11) is 0. The minimum absolute atomic E-state index is 0.291. The first-order valence-corrected chi connectivity index (χ1v) is 18.0. The fourth-order valence-corrected chi connectivity index (χ4v) is 17.3. The number of unbranched alkanes of at least 4 members (excludes halogenated alkanes) is 3. The number of hydrogen-bond acceptors (Lipinski definition) is 1. The second-order valence-corrected chi connectivity index (χ2v) is 20.2. The van der Waals surface area contributed by atoms with E-state index in [1.54, 1.807) is 0 Å². The summed E-state index contributed by atoms with van der Waals surface area (Å²) < 4.78 is 7.27. The fourth-order valence-electron chi connectivity index (χ4n) is 3.18. The quantitative estimate of drug-likeness (QED) is 0.210. The summed E-state index contributed by atoms with van der Waals surface area (Å²) in [5, 5.41) is 9.70. The molecular weight excluding hydrogens is 399 g/mol. The van der Waals surface area contributed by atoms with Gasteiger partial charge in [0, 0.05) is 0 Å². The third-order valence-electron chi connectivity index (χ3n) is 4.79. The van der Waals surface area contributed by atoms with Gasteiger partial charge in [-0.1, -0.05) is 0 Å². The van der Waals surface area contributed by atoms with Crippen molar-refractivity contribution in [3.8, 4) is 0 Å². The van der Waals surface area contributed by atoms with E-state index in [-0.39, 0.29) is 6.10 Å². The molecule has 0 aromatic carbocycles. The van der Waals surface area contributed by atoms with Crippen LogP contribution in [0.1, 0.15) is 79.1 Å². The van der Waals surface area contributed by atoms with E-state index in [1.807, 2.05) is 12.2 Å². The first-order chi connectivity index (χ1) is 11.6. The Morgan fingerprint density at radius 2 is 1.21 bits per heavy atom. The van der Waals surface area contributed by atoms with Crippen LogP contribution in [0.15, 0.2) is 34.5 Å². The van der Waals surface area contributed by atoms with Gasteiger partial charge in [0.05, 0.1) is 0 Å². The molecule has 2 heteroatoms. The number of allylic oxidation sites excluding steroid dienone is 4. The normalized spacial score (nSPS) is 14.4. The van der Waals surface area contributed by atoms with E-state index in [0.717, 1.165) is 12.8 Å². The van der Waals surface area contributed by atoms with Crippen molar-refractivity contribution in [3.63, 3.8) is 0 Å². The summed E-state index contributed by atoms with van der Waals surface area (Å²) in [6.07, 6.45) is 20.3. The summed E-state index contributed by atoms with van der Waals surface area (Å²) in [6, 6.07) is 0. The standard InChI is InChI=1S/C10H15O.3C4H9.Sn/c1-3-5-6-7-9-10(11)8-4-2;3*1-3-4-2;/h1,3,5-7,9-11H,4,8H2,2H3;3*1,3-4H2,2H3;/b3-1?,6-5+,9-7+;;;;. The van der Waals surface area contributed by atoms with Crippen molar-refractivity contribution in [3.05, 3.63) is 34.5 Å². The zero-order chi connectivity index (χ0) is 18.1. The Morgan fingerprint density at radius 3 is 1.67 bits per heavy atom. The molecule has 0 saturated heterocycles. The van der Waals surface area contributed by atoms with Gasteiger partial charge in [0.2, 0.25) is 0 Å². The molecule has 0 rings (SSSR count). The van der Waals surface area contributed by atoms with Crippen LogP contribution in [0, 0.1) is 0 Å². The maximum absolute atomic E-state index is 9.70. The number of hydrogen-bond donors (Lipinski definition) is 1. The number of aliphatic hydroxyl groups is 1. The van der Waals surface area contributed by atoms with Crippen molar-refractivity contribution in [1.82, 2.24) is 0 Å². The maximum atomic E-state index is 9.70. The molecule has 140 valence electrons. The summed E-state index contributed by atoms with van der Waals surface area (Å²) in [5.41, 5.74) is 0. The van der Waals surface area contributed by atoms with Crippen molar-refractivity contribution < 1.29 is 5.11 Å². The molecule has 0 aromatic heterocycles. The zero-order valence-electron chi connectivity index (χ0n) is 16.8. The van der Waals surface area contributed by atoms with Gasteiger partial charge in [-0.15, -0.1) is 0 Å². The summed E-state index contributed by atoms with van der Waals surface area (Å²) >= 11 is -2.10. The van der Waals surface area contributed by atoms with Crippen LogP contribution >= 0.6 is 0 Å². The van der Waals surface area contributed by atoms with E-state index in [4.69, 9.17) is 0 Å². The van der Waals surface area contributed by atoms with Crippen LogP contribution in [0.3, 0.4) is 0 Å². The van der Waals surface area contributed by atoms with E-state index in [2.05, 4.69) is 50.0 Å². The molecule has 1 N–H and O–H groups in total. The van der Waals surface area contributed by atoms with Gasteiger partial charge in [0.15, 0.2) is 0 Å². The van der Waals surface area contributed by atoms with E-state index in [1.165, 1.54) is 51.8 Å². The van der Waals surface area contributed by atoms with Gasteiger partial charge < -0.3 is 0 Å². The minimum atomic E-state index is -2.10. The van der Waals surface area contributed by atoms with Gasteiger partial charge in [0.25, 0.3) is 0 Å². The predicted octanol–water partition coefficient (Wildman–Crippen LogP) is 7.20. The zero-order valence-corrected chi connectivity index (χ0v) is 19.6. The van der Waals surface area contributed by atoms with Crippen LogP contribution in [-0.2, 0) is 0 Å². The summed E-state index contributed by atoms with van der Waals surface area (Å²) in [5.74, 6) is 0. The number of rotatable bonds is 15. The van der Waals surface area contributed by atoms with Crippen LogP contribution in [0.5, 0.6) is 0 Å². The molecule has 0 radical (unpaired) electrons. The molecule has 1 nitrogen and oxygen atoms in total. The Hall–Kier alpha value is -0.0213. The Balaban J connectivity index is 4.79. The van der Waals surface area contributed by atoms with Crippen molar-refractivity contribution in [2.24, 2.45) is 0 Å². The van der Waals surface area contributed by atoms with Gasteiger partial charge in [-0.3, -0.25) is 0 Å². The summed E-state index contributed by atoms with van der Waals surface area (Å²) in [6.45, 7) is 9.08. The Labute approximate surface area is 156 Å². The topological polar surface area (TPSA) is 20.2 Å². The van der Waals surface area contributed by atoms with E-state index in [0.29, 0.717) is 0 Å². The van der Waals surface area contributed by atoms with Crippen molar-refractivity contribution in [2.75, 3.05) is 0 Å². The SMILES string of the molecule is CCC[CH2][Sn](/[CH]=C/C=C/C=C/C(O)CCC)([CH2]CCC)[CH2]CCC. The van der Waals surface area contributed by atoms with Gasteiger partial charge >= 0.3 is 156 Å². The molecule has 0 aromatic rings. The second kappa shape index (κ2) is 16.4. The second-order valence-electron chi connectivity index (χ2n) is 7.16. The first-order valence-electron chi connectivity index (χ1n) is 10.3. The average molecular weight is 441 g/mol. The van der Waals surface area contributed by atoms with Crippen LogP contribution < -0.4 is 0 Å². The average Bonchev–Trinajstić information content (AvgIpc) is 2.59. The number of aliphatic hydroxyl groups excluding tert-OH is 1. The van der Waals surface area contributed by atoms with E-state index < -0.39 is 18.4 Å². The molecule has 0 aliphatic rings. The predicted molar refractivity (Wildman–Crippen MR) is 113 cm³/mol. The fraction of sp³-hybridized carbons (Fsp3) is 0.727. The Kier molecular flexibility index (Phi) is 16.4. The molecule has 0 spiro atoms. The monoisotopic (exact) mass is 442 g/mol. The van der Waals surface area contributed by atoms with E-state index in [9.17, 15) is 5.11 Å². The molecule has 0 aliphatic carbocycles. The third kappa shape index (κ3) is 12.4. The van der Waals surface area contributed by atoms with Crippen LogP contribution in [-0.4, -0.2) is 29.6 Å². The molecule has 0 aliphatic heterocycles.